The molecule has 1 unspecified atom stereocenters. The summed E-state index contributed by atoms with van der Waals surface area (Å²) >= 11 is 0. The molecule has 1 atom stereocenters. The lowest BCUT2D eigenvalue weighted by molar-refractivity contribution is -0.144. The van der Waals surface area contributed by atoms with Crippen molar-refractivity contribution in [3.05, 3.63) is 23.8 Å². The molecule has 1 aliphatic heterocycles. The van der Waals surface area contributed by atoms with Crippen LogP contribution in [0, 0.1) is 0 Å². The van der Waals surface area contributed by atoms with Crippen molar-refractivity contribution in [3.8, 4) is 11.5 Å². The van der Waals surface area contributed by atoms with Gasteiger partial charge in [0, 0.05) is 26.2 Å². The SMILES string of the molecule is CCCN1CCN(C(C(=O)O)c2ccc(OC)c(OC)c2)CC1. The van der Waals surface area contributed by atoms with E-state index in [4.69, 9.17) is 9.47 Å². The van der Waals surface area contributed by atoms with Gasteiger partial charge >= 0.3 is 5.97 Å². The van der Waals surface area contributed by atoms with Gasteiger partial charge in [-0.15, -0.1) is 0 Å². The first-order valence-corrected chi connectivity index (χ1v) is 8.01. The summed E-state index contributed by atoms with van der Waals surface area (Å²) < 4.78 is 10.5. The highest BCUT2D eigenvalue weighted by atomic mass is 16.5. The minimum Gasteiger partial charge on any atom is -0.493 e. The predicted molar refractivity (Wildman–Crippen MR) is 88.2 cm³/mol. The van der Waals surface area contributed by atoms with E-state index in [-0.39, 0.29) is 0 Å². The van der Waals surface area contributed by atoms with E-state index in [1.54, 1.807) is 32.4 Å². The number of piperazine rings is 1. The van der Waals surface area contributed by atoms with Crippen LogP contribution in [0.4, 0.5) is 0 Å². The standard InChI is InChI=1S/C17H26N2O4/c1-4-7-18-8-10-19(11-9-18)16(17(20)21)13-5-6-14(22-2)15(12-13)23-3/h5-6,12,16H,4,7-11H2,1-3H3,(H,20,21). The molecule has 0 radical (unpaired) electrons. The van der Waals surface area contributed by atoms with Crippen LogP contribution in [0.15, 0.2) is 18.2 Å². The zero-order valence-corrected chi connectivity index (χ0v) is 14.1. The minimum atomic E-state index is -0.832. The topological polar surface area (TPSA) is 62.2 Å². The van der Waals surface area contributed by atoms with Crippen LogP contribution < -0.4 is 9.47 Å². The fourth-order valence-electron chi connectivity index (χ4n) is 3.09. The van der Waals surface area contributed by atoms with Gasteiger partial charge in [-0.3, -0.25) is 9.69 Å². The molecular weight excluding hydrogens is 296 g/mol. The first kappa shape index (κ1) is 17.6. The summed E-state index contributed by atoms with van der Waals surface area (Å²) in [6.45, 7) is 6.56. The first-order valence-electron chi connectivity index (χ1n) is 8.01. The molecule has 2 rings (SSSR count). The summed E-state index contributed by atoms with van der Waals surface area (Å²) in [5, 5.41) is 9.71. The van der Waals surface area contributed by atoms with Crippen LogP contribution in [0.2, 0.25) is 0 Å². The summed E-state index contributed by atoms with van der Waals surface area (Å²) in [6, 6.07) is 4.67. The Morgan fingerprint density at radius 1 is 1.17 bits per heavy atom. The van der Waals surface area contributed by atoms with E-state index >= 15 is 0 Å². The minimum absolute atomic E-state index is 0.556. The maximum Gasteiger partial charge on any atom is 0.325 e. The first-order chi connectivity index (χ1) is 11.1. The van der Waals surface area contributed by atoms with Gasteiger partial charge in [0.15, 0.2) is 11.5 Å². The number of methoxy groups -OCH3 is 2. The zero-order chi connectivity index (χ0) is 16.8. The Morgan fingerprint density at radius 3 is 2.35 bits per heavy atom. The Bertz CT molecular complexity index is 527. The van der Waals surface area contributed by atoms with Crippen LogP contribution in [-0.4, -0.2) is 67.8 Å². The maximum absolute atomic E-state index is 11.8. The van der Waals surface area contributed by atoms with E-state index in [0.717, 1.165) is 44.7 Å². The van der Waals surface area contributed by atoms with Crippen LogP contribution in [0.5, 0.6) is 11.5 Å². The van der Waals surface area contributed by atoms with Crippen LogP contribution >= 0.6 is 0 Å². The summed E-state index contributed by atoms with van der Waals surface area (Å²) in [6.07, 6.45) is 1.12. The van der Waals surface area contributed by atoms with Gasteiger partial charge < -0.3 is 19.5 Å². The van der Waals surface area contributed by atoms with Crippen molar-refractivity contribution in [1.82, 2.24) is 9.80 Å². The van der Waals surface area contributed by atoms with Gasteiger partial charge in [-0.1, -0.05) is 13.0 Å². The Morgan fingerprint density at radius 2 is 1.83 bits per heavy atom. The van der Waals surface area contributed by atoms with E-state index in [0.29, 0.717) is 11.5 Å². The molecule has 128 valence electrons. The van der Waals surface area contributed by atoms with E-state index in [2.05, 4.69) is 11.8 Å². The van der Waals surface area contributed by atoms with Crippen molar-refractivity contribution in [2.45, 2.75) is 19.4 Å². The summed E-state index contributed by atoms with van der Waals surface area (Å²) in [4.78, 5) is 16.2. The zero-order valence-electron chi connectivity index (χ0n) is 14.1. The van der Waals surface area contributed by atoms with Crippen LogP contribution in [0.1, 0.15) is 24.9 Å². The molecule has 0 saturated carbocycles. The Hall–Kier alpha value is -1.79. The second-order valence-corrected chi connectivity index (χ2v) is 5.73. The largest absolute Gasteiger partial charge is 0.493 e. The van der Waals surface area contributed by atoms with Crippen LogP contribution in [-0.2, 0) is 4.79 Å². The van der Waals surface area contributed by atoms with Crippen molar-refractivity contribution in [1.29, 1.82) is 0 Å². The lowest BCUT2D eigenvalue weighted by atomic mass is 10.0. The molecule has 1 aromatic rings. The van der Waals surface area contributed by atoms with Crippen LogP contribution in [0.3, 0.4) is 0 Å². The molecule has 0 amide bonds. The molecular formula is C17H26N2O4. The molecule has 0 spiro atoms. The van der Waals surface area contributed by atoms with Crippen molar-refractivity contribution in [2.75, 3.05) is 46.9 Å². The lowest BCUT2D eigenvalue weighted by Gasteiger charge is -2.37. The number of ether oxygens (including phenoxy) is 2. The average Bonchev–Trinajstić information content (AvgIpc) is 2.56. The third kappa shape index (κ3) is 4.14. The fraction of sp³-hybridized carbons (Fsp3) is 0.588. The number of benzene rings is 1. The monoisotopic (exact) mass is 322 g/mol. The van der Waals surface area contributed by atoms with Gasteiger partial charge in [-0.2, -0.15) is 0 Å². The fourth-order valence-corrected chi connectivity index (χ4v) is 3.09. The third-order valence-corrected chi connectivity index (χ3v) is 4.27. The Labute approximate surface area is 137 Å². The quantitative estimate of drug-likeness (QED) is 0.827. The second kappa shape index (κ2) is 8.17. The normalized spacial score (nSPS) is 17.7. The number of carboxylic acid groups (broad SMARTS) is 1. The maximum atomic E-state index is 11.8. The Balaban J connectivity index is 2.18. The molecule has 6 heteroatoms. The number of rotatable bonds is 7. The molecule has 1 saturated heterocycles. The molecule has 1 fully saturated rings. The summed E-state index contributed by atoms with van der Waals surface area (Å²) in [5.41, 5.74) is 0.721. The number of nitrogens with zero attached hydrogens (tertiary/aromatic N) is 2. The van der Waals surface area contributed by atoms with Gasteiger partial charge in [0.05, 0.1) is 14.2 Å². The highest BCUT2D eigenvalue weighted by Crippen LogP contribution is 2.32. The summed E-state index contributed by atoms with van der Waals surface area (Å²) in [5.74, 6) is 0.329. The van der Waals surface area contributed by atoms with Crippen molar-refractivity contribution >= 4 is 5.97 Å². The number of aliphatic carboxylic acids is 1. The smallest absolute Gasteiger partial charge is 0.325 e. The van der Waals surface area contributed by atoms with E-state index in [9.17, 15) is 9.90 Å². The molecule has 6 nitrogen and oxygen atoms in total. The molecule has 23 heavy (non-hydrogen) atoms. The van der Waals surface area contributed by atoms with Gasteiger partial charge in [-0.25, -0.2) is 0 Å². The van der Waals surface area contributed by atoms with Crippen molar-refractivity contribution < 1.29 is 19.4 Å². The third-order valence-electron chi connectivity index (χ3n) is 4.27. The molecule has 1 heterocycles. The molecule has 0 aliphatic carbocycles. The number of carbonyl (C=O) groups is 1. The van der Waals surface area contributed by atoms with E-state index in [1.165, 1.54) is 0 Å². The molecule has 1 aromatic carbocycles. The van der Waals surface area contributed by atoms with Gasteiger partial charge in [-0.05, 0) is 30.7 Å². The molecule has 0 aromatic heterocycles. The van der Waals surface area contributed by atoms with Gasteiger partial charge in [0.2, 0.25) is 0 Å². The number of hydrogen-bond acceptors (Lipinski definition) is 5. The molecule has 1 N–H and O–H groups in total. The van der Waals surface area contributed by atoms with Crippen LogP contribution in [0.25, 0.3) is 0 Å². The predicted octanol–water partition coefficient (Wildman–Crippen LogP) is 1.86. The molecule has 1 aliphatic rings. The Kier molecular flexibility index (Phi) is 6.24. The second-order valence-electron chi connectivity index (χ2n) is 5.73. The summed E-state index contributed by atoms with van der Waals surface area (Å²) in [7, 11) is 3.13. The van der Waals surface area contributed by atoms with Gasteiger partial charge in [0.1, 0.15) is 6.04 Å². The molecule has 0 bridgehead atoms. The van der Waals surface area contributed by atoms with E-state index < -0.39 is 12.0 Å². The average molecular weight is 322 g/mol. The van der Waals surface area contributed by atoms with E-state index in [1.807, 2.05) is 4.90 Å². The lowest BCUT2D eigenvalue weighted by Crippen LogP contribution is -2.49. The van der Waals surface area contributed by atoms with Gasteiger partial charge in [0.25, 0.3) is 0 Å². The highest BCUT2D eigenvalue weighted by Gasteiger charge is 2.30. The van der Waals surface area contributed by atoms with Crippen molar-refractivity contribution in [2.24, 2.45) is 0 Å². The van der Waals surface area contributed by atoms with Crippen molar-refractivity contribution in [3.63, 3.8) is 0 Å². The number of carboxylic acids is 1. The highest BCUT2D eigenvalue weighted by molar-refractivity contribution is 5.76. The number of hydrogen-bond donors (Lipinski definition) is 1.